The summed E-state index contributed by atoms with van der Waals surface area (Å²) in [5, 5.41) is 4.71. The number of rotatable bonds is 2. The highest BCUT2D eigenvalue weighted by Crippen LogP contribution is 2.40. The minimum atomic E-state index is 0.223. The molecule has 1 aliphatic rings. The molecule has 0 amide bonds. The second-order valence-corrected chi connectivity index (χ2v) is 5.50. The molecule has 3 rings (SSSR count). The van der Waals surface area contributed by atoms with Gasteiger partial charge in [-0.15, -0.1) is 0 Å². The van der Waals surface area contributed by atoms with Crippen molar-refractivity contribution < 1.29 is 0 Å². The van der Waals surface area contributed by atoms with Gasteiger partial charge >= 0.3 is 0 Å². The van der Waals surface area contributed by atoms with Gasteiger partial charge < -0.3 is 5.32 Å². The number of nitrogens with one attached hydrogen (secondary N) is 1. The van der Waals surface area contributed by atoms with Crippen molar-refractivity contribution in [2.75, 3.05) is 5.32 Å². The molecule has 1 atom stereocenters. The maximum absolute atomic E-state index is 6.24. The summed E-state index contributed by atoms with van der Waals surface area (Å²) in [6, 6.07) is 4.11. The molecule has 3 nitrogen and oxygen atoms in total. The van der Waals surface area contributed by atoms with Crippen LogP contribution in [0.15, 0.2) is 24.5 Å². The molecule has 0 spiro atoms. The first kappa shape index (κ1) is 12.7. The summed E-state index contributed by atoms with van der Waals surface area (Å²) in [6.07, 6.45) is 5.41. The third-order valence-corrected chi connectivity index (χ3v) is 4.21. The molecular weight excluding hydrogens is 281 g/mol. The van der Waals surface area contributed by atoms with Crippen molar-refractivity contribution in [3.63, 3.8) is 0 Å². The van der Waals surface area contributed by atoms with Crippen molar-refractivity contribution in [3.8, 4) is 0 Å². The molecule has 0 aliphatic heterocycles. The summed E-state index contributed by atoms with van der Waals surface area (Å²) in [5.41, 5.74) is 3.25. The lowest BCUT2D eigenvalue weighted by molar-refractivity contribution is 0.755. The zero-order valence-corrected chi connectivity index (χ0v) is 12.0. The summed E-state index contributed by atoms with van der Waals surface area (Å²) in [7, 11) is 0. The summed E-state index contributed by atoms with van der Waals surface area (Å²) in [6.45, 7) is 1.93. The minimum absolute atomic E-state index is 0.223. The number of hydrogen-bond donors (Lipinski definition) is 1. The van der Waals surface area contributed by atoms with Gasteiger partial charge in [0.1, 0.15) is 5.82 Å². The zero-order chi connectivity index (χ0) is 13.4. The third-order valence-electron chi connectivity index (χ3n) is 3.37. The van der Waals surface area contributed by atoms with E-state index in [1.807, 2.05) is 19.1 Å². The Morgan fingerprint density at radius 2 is 2.11 bits per heavy atom. The van der Waals surface area contributed by atoms with Crippen LogP contribution in [0.25, 0.3) is 0 Å². The lowest BCUT2D eigenvalue weighted by atomic mass is 10.1. The van der Waals surface area contributed by atoms with Crippen LogP contribution >= 0.6 is 23.2 Å². The Bertz CT molecular complexity index is 628. The average molecular weight is 294 g/mol. The SMILES string of the molecule is Cc1cncc(NC2CCc3c2ccc(Cl)c3Cl)n1. The van der Waals surface area contributed by atoms with E-state index in [4.69, 9.17) is 23.2 Å². The summed E-state index contributed by atoms with van der Waals surface area (Å²) in [5.74, 6) is 0.795. The smallest absolute Gasteiger partial charge is 0.145 e. The van der Waals surface area contributed by atoms with Gasteiger partial charge in [0.05, 0.1) is 28.0 Å². The molecule has 1 aliphatic carbocycles. The molecule has 1 heterocycles. The third kappa shape index (κ3) is 2.40. The van der Waals surface area contributed by atoms with Crippen LogP contribution in [0.3, 0.4) is 0 Å². The van der Waals surface area contributed by atoms with E-state index in [-0.39, 0.29) is 6.04 Å². The molecule has 98 valence electrons. The van der Waals surface area contributed by atoms with Gasteiger partial charge in [-0.3, -0.25) is 4.98 Å². The van der Waals surface area contributed by atoms with Crippen LogP contribution in [0.5, 0.6) is 0 Å². The van der Waals surface area contributed by atoms with Crippen molar-refractivity contribution in [1.29, 1.82) is 0 Å². The molecule has 0 radical (unpaired) electrons. The second kappa shape index (κ2) is 4.99. The monoisotopic (exact) mass is 293 g/mol. The lowest BCUT2D eigenvalue weighted by Gasteiger charge is -2.15. The van der Waals surface area contributed by atoms with E-state index >= 15 is 0 Å². The Morgan fingerprint density at radius 3 is 2.89 bits per heavy atom. The highest BCUT2D eigenvalue weighted by molar-refractivity contribution is 6.42. The highest BCUT2D eigenvalue weighted by Gasteiger charge is 2.25. The summed E-state index contributed by atoms with van der Waals surface area (Å²) >= 11 is 12.3. The Labute approximate surface area is 122 Å². The maximum atomic E-state index is 6.24. The van der Waals surface area contributed by atoms with Gasteiger partial charge in [0.15, 0.2) is 0 Å². The van der Waals surface area contributed by atoms with Crippen molar-refractivity contribution in [3.05, 3.63) is 51.4 Å². The van der Waals surface area contributed by atoms with Gasteiger partial charge in [0.25, 0.3) is 0 Å². The van der Waals surface area contributed by atoms with Crippen LogP contribution in [-0.2, 0) is 6.42 Å². The van der Waals surface area contributed by atoms with Gasteiger partial charge in [-0.2, -0.15) is 0 Å². The van der Waals surface area contributed by atoms with Gasteiger partial charge in [0.2, 0.25) is 0 Å². The molecule has 1 N–H and O–H groups in total. The normalized spacial score (nSPS) is 17.3. The van der Waals surface area contributed by atoms with Crippen LogP contribution < -0.4 is 5.32 Å². The lowest BCUT2D eigenvalue weighted by Crippen LogP contribution is -2.09. The van der Waals surface area contributed by atoms with Crippen molar-refractivity contribution in [1.82, 2.24) is 9.97 Å². The van der Waals surface area contributed by atoms with Crippen LogP contribution in [-0.4, -0.2) is 9.97 Å². The number of aryl methyl sites for hydroxylation is 1. The van der Waals surface area contributed by atoms with Crippen LogP contribution in [0.2, 0.25) is 10.0 Å². The summed E-state index contributed by atoms with van der Waals surface area (Å²) < 4.78 is 0. The molecule has 19 heavy (non-hydrogen) atoms. The number of halogens is 2. The fourth-order valence-electron chi connectivity index (χ4n) is 2.49. The molecule has 0 fully saturated rings. The van der Waals surface area contributed by atoms with Gasteiger partial charge in [0, 0.05) is 6.20 Å². The largest absolute Gasteiger partial charge is 0.362 e. The first-order valence-corrected chi connectivity index (χ1v) is 6.92. The molecule has 2 aromatic rings. The van der Waals surface area contributed by atoms with Gasteiger partial charge in [-0.1, -0.05) is 29.3 Å². The Morgan fingerprint density at radius 1 is 1.26 bits per heavy atom. The van der Waals surface area contributed by atoms with Crippen LogP contribution in [0.4, 0.5) is 5.82 Å². The van der Waals surface area contributed by atoms with E-state index < -0.39 is 0 Å². The van der Waals surface area contributed by atoms with Crippen molar-refractivity contribution >= 4 is 29.0 Å². The standard InChI is InChI=1S/C14H13Cl2N3/c1-8-6-17-7-13(18-8)19-12-5-3-10-9(12)2-4-11(15)14(10)16/h2,4,6-7,12H,3,5H2,1H3,(H,18,19). The predicted octanol–water partition coefficient (Wildman–Crippen LogP) is 4.19. The number of anilines is 1. The second-order valence-electron chi connectivity index (χ2n) is 4.71. The Balaban J connectivity index is 1.89. The van der Waals surface area contributed by atoms with E-state index in [0.29, 0.717) is 10.0 Å². The molecule has 0 saturated heterocycles. The van der Waals surface area contributed by atoms with Gasteiger partial charge in [-0.25, -0.2) is 4.98 Å². The average Bonchev–Trinajstić information content (AvgIpc) is 2.78. The number of hydrogen-bond acceptors (Lipinski definition) is 3. The fraction of sp³-hybridized carbons (Fsp3) is 0.286. The van der Waals surface area contributed by atoms with Crippen LogP contribution in [0, 0.1) is 6.92 Å². The van der Waals surface area contributed by atoms with E-state index in [2.05, 4.69) is 15.3 Å². The van der Waals surface area contributed by atoms with E-state index in [1.165, 1.54) is 5.56 Å². The minimum Gasteiger partial charge on any atom is -0.362 e. The topological polar surface area (TPSA) is 37.8 Å². The van der Waals surface area contributed by atoms with Crippen LogP contribution in [0.1, 0.15) is 29.3 Å². The van der Waals surface area contributed by atoms with E-state index in [0.717, 1.165) is 29.9 Å². The molecule has 5 heteroatoms. The number of fused-ring (bicyclic) bond motifs is 1. The Hall–Kier alpha value is -1.32. The van der Waals surface area contributed by atoms with Crippen molar-refractivity contribution in [2.45, 2.75) is 25.8 Å². The maximum Gasteiger partial charge on any atom is 0.145 e. The van der Waals surface area contributed by atoms with E-state index in [1.54, 1.807) is 12.4 Å². The quantitative estimate of drug-likeness (QED) is 0.902. The Kier molecular flexibility index (Phi) is 3.33. The molecule has 1 unspecified atom stereocenters. The number of nitrogens with zero attached hydrogens (tertiary/aromatic N) is 2. The molecule has 1 aromatic heterocycles. The number of benzene rings is 1. The summed E-state index contributed by atoms with van der Waals surface area (Å²) in [4.78, 5) is 8.56. The fourth-order valence-corrected chi connectivity index (χ4v) is 2.94. The van der Waals surface area contributed by atoms with E-state index in [9.17, 15) is 0 Å². The number of aromatic nitrogens is 2. The first-order chi connectivity index (χ1) is 9.15. The predicted molar refractivity (Wildman–Crippen MR) is 77.9 cm³/mol. The van der Waals surface area contributed by atoms with Crippen molar-refractivity contribution in [2.24, 2.45) is 0 Å². The molecule has 1 aromatic carbocycles. The first-order valence-electron chi connectivity index (χ1n) is 6.17. The molecule has 0 saturated carbocycles. The molecular formula is C14H13Cl2N3. The van der Waals surface area contributed by atoms with Gasteiger partial charge in [-0.05, 0) is 37.0 Å². The molecule has 0 bridgehead atoms. The highest BCUT2D eigenvalue weighted by atomic mass is 35.5. The zero-order valence-electron chi connectivity index (χ0n) is 10.5.